The predicted octanol–water partition coefficient (Wildman–Crippen LogP) is 0.380. The molecule has 0 aliphatic rings. The number of hydrogen-bond donors (Lipinski definition) is 2. The lowest BCUT2D eigenvalue weighted by Crippen LogP contribution is -2.17. The molecule has 2 N–H and O–H groups in total. The van der Waals surface area contributed by atoms with Crippen LogP contribution in [0.3, 0.4) is 0 Å². The Morgan fingerprint density at radius 3 is 2.58 bits per heavy atom. The van der Waals surface area contributed by atoms with Gasteiger partial charge in [0.25, 0.3) is 5.91 Å². The largest absolute Gasteiger partial charge is 0.476 e. The molecule has 19 heavy (non-hydrogen) atoms. The van der Waals surface area contributed by atoms with E-state index in [9.17, 15) is 14.4 Å². The molecule has 96 valence electrons. The second-order valence-electron chi connectivity index (χ2n) is 3.36. The van der Waals surface area contributed by atoms with E-state index in [1.807, 2.05) is 0 Å². The third-order valence-corrected chi connectivity index (χ3v) is 2.10. The first-order chi connectivity index (χ1) is 9.08. The molecule has 0 spiro atoms. The van der Waals surface area contributed by atoms with Crippen LogP contribution in [0.2, 0.25) is 0 Å². The molecule has 2 heterocycles. The zero-order valence-corrected chi connectivity index (χ0v) is 9.36. The molecular weight excluding hydrogens is 254 g/mol. The SMILES string of the molecule is O=C(Nc1nccnc1C(=O)O)c1ccc(=O)oc1. The summed E-state index contributed by atoms with van der Waals surface area (Å²) in [5.74, 6) is -2.17. The van der Waals surface area contributed by atoms with Gasteiger partial charge in [0.05, 0.1) is 5.56 Å². The van der Waals surface area contributed by atoms with Gasteiger partial charge in [-0.3, -0.25) is 4.79 Å². The highest BCUT2D eigenvalue weighted by molar-refractivity contribution is 6.06. The average molecular weight is 261 g/mol. The number of rotatable bonds is 3. The molecule has 0 saturated heterocycles. The van der Waals surface area contributed by atoms with Gasteiger partial charge in [0.1, 0.15) is 6.26 Å². The van der Waals surface area contributed by atoms with Gasteiger partial charge in [0.15, 0.2) is 11.5 Å². The Bertz CT molecular complexity index is 674. The normalized spacial score (nSPS) is 9.89. The van der Waals surface area contributed by atoms with E-state index in [2.05, 4.69) is 19.7 Å². The Kier molecular flexibility index (Phi) is 3.33. The molecule has 0 fully saturated rings. The predicted molar refractivity (Wildman–Crippen MR) is 61.9 cm³/mol. The Labute approximate surface area is 105 Å². The molecule has 2 aromatic rings. The van der Waals surface area contributed by atoms with Gasteiger partial charge in [0.2, 0.25) is 0 Å². The van der Waals surface area contributed by atoms with E-state index in [4.69, 9.17) is 5.11 Å². The molecule has 0 unspecified atom stereocenters. The van der Waals surface area contributed by atoms with Gasteiger partial charge in [0, 0.05) is 18.5 Å². The Morgan fingerprint density at radius 2 is 1.95 bits per heavy atom. The molecule has 2 rings (SSSR count). The maximum absolute atomic E-state index is 11.8. The highest BCUT2D eigenvalue weighted by Crippen LogP contribution is 2.09. The van der Waals surface area contributed by atoms with E-state index in [1.165, 1.54) is 18.5 Å². The van der Waals surface area contributed by atoms with Crippen LogP contribution in [0.25, 0.3) is 0 Å². The van der Waals surface area contributed by atoms with Crippen LogP contribution >= 0.6 is 0 Å². The maximum atomic E-state index is 11.8. The fraction of sp³-hybridized carbons (Fsp3) is 0. The van der Waals surface area contributed by atoms with E-state index >= 15 is 0 Å². The minimum Gasteiger partial charge on any atom is -0.476 e. The summed E-state index contributed by atoms with van der Waals surface area (Å²) in [6.07, 6.45) is 3.41. The number of nitrogens with zero attached hydrogens (tertiary/aromatic N) is 2. The van der Waals surface area contributed by atoms with Gasteiger partial charge in [-0.1, -0.05) is 0 Å². The second-order valence-corrected chi connectivity index (χ2v) is 3.36. The van der Waals surface area contributed by atoms with E-state index in [-0.39, 0.29) is 17.1 Å². The number of carbonyl (C=O) groups is 2. The number of carboxylic acids is 1. The van der Waals surface area contributed by atoms with Crippen LogP contribution in [-0.2, 0) is 0 Å². The van der Waals surface area contributed by atoms with Gasteiger partial charge in [-0.05, 0) is 6.07 Å². The third kappa shape index (κ3) is 2.80. The third-order valence-electron chi connectivity index (χ3n) is 2.10. The van der Waals surface area contributed by atoms with Crippen LogP contribution in [0, 0.1) is 0 Å². The highest BCUT2D eigenvalue weighted by Gasteiger charge is 2.16. The molecule has 2 aromatic heterocycles. The van der Waals surface area contributed by atoms with E-state index < -0.39 is 17.5 Å². The van der Waals surface area contributed by atoms with Crippen LogP contribution in [0.5, 0.6) is 0 Å². The minimum absolute atomic E-state index is 0.0570. The van der Waals surface area contributed by atoms with Gasteiger partial charge < -0.3 is 14.8 Å². The molecule has 8 nitrogen and oxygen atoms in total. The van der Waals surface area contributed by atoms with Crippen LogP contribution < -0.4 is 10.9 Å². The van der Waals surface area contributed by atoms with Crippen molar-refractivity contribution in [3.05, 3.63) is 52.5 Å². The average Bonchev–Trinajstić information content (AvgIpc) is 2.39. The molecule has 0 saturated carbocycles. The fourth-order valence-electron chi connectivity index (χ4n) is 1.25. The second kappa shape index (κ2) is 5.08. The molecule has 0 radical (unpaired) electrons. The van der Waals surface area contributed by atoms with Crippen LogP contribution in [0.4, 0.5) is 5.82 Å². The summed E-state index contributed by atoms with van der Waals surface area (Å²) < 4.78 is 4.53. The number of aromatic nitrogens is 2. The lowest BCUT2D eigenvalue weighted by Gasteiger charge is -2.05. The standard InChI is InChI=1S/C11H7N3O5/c15-7-2-1-6(5-19-7)10(16)14-9-8(11(17)18)12-3-4-13-9/h1-5H,(H,17,18)(H,13,14,16). The molecule has 0 bridgehead atoms. The summed E-state index contributed by atoms with van der Waals surface area (Å²) in [6, 6.07) is 2.32. The number of carboxylic acid groups (broad SMARTS) is 1. The Balaban J connectivity index is 2.26. The van der Waals surface area contributed by atoms with Crippen molar-refractivity contribution in [3.63, 3.8) is 0 Å². The molecular formula is C11H7N3O5. The van der Waals surface area contributed by atoms with Crippen molar-refractivity contribution in [3.8, 4) is 0 Å². The summed E-state index contributed by atoms with van der Waals surface area (Å²) in [4.78, 5) is 40.7. The van der Waals surface area contributed by atoms with Gasteiger partial charge in [-0.2, -0.15) is 0 Å². The topological polar surface area (TPSA) is 122 Å². The van der Waals surface area contributed by atoms with Crippen LogP contribution in [0.1, 0.15) is 20.8 Å². The first kappa shape index (κ1) is 12.4. The number of hydrogen-bond acceptors (Lipinski definition) is 6. The summed E-state index contributed by atoms with van der Waals surface area (Å²) in [5, 5.41) is 11.1. The number of aromatic carboxylic acids is 1. The Hall–Kier alpha value is -3.03. The Morgan fingerprint density at radius 1 is 1.21 bits per heavy atom. The van der Waals surface area contributed by atoms with E-state index in [0.717, 1.165) is 12.3 Å². The van der Waals surface area contributed by atoms with Gasteiger partial charge in [-0.25, -0.2) is 19.6 Å². The molecule has 0 aromatic carbocycles. The lowest BCUT2D eigenvalue weighted by molar-refractivity contribution is 0.0691. The van der Waals surface area contributed by atoms with Crippen molar-refractivity contribution in [2.24, 2.45) is 0 Å². The summed E-state index contributed by atoms with van der Waals surface area (Å²) in [5.41, 5.74) is -0.919. The number of nitrogens with one attached hydrogen (secondary N) is 1. The maximum Gasteiger partial charge on any atom is 0.358 e. The summed E-state index contributed by atoms with van der Waals surface area (Å²) in [7, 11) is 0. The number of amides is 1. The lowest BCUT2D eigenvalue weighted by atomic mass is 10.3. The van der Waals surface area contributed by atoms with E-state index in [0.29, 0.717) is 0 Å². The van der Waals surface area contributed by atoms with Crippen molar-refractivity contribution in [2.45, 2.75) is 0 Å². The monoisotopic (exact) mass is 261 g/mol. The van der Waals surface area contributed by atoms with Crippen molar-refractivity contribution in [1.29, 1.82) is 0 Å². The van der Waals surface area contributed by atoms with Crippen LogP contribution in [0.15, 0.2) is 40.0 Å². The smallest absolute Gasteiger partial charge is 0.358 e. The number of anilines is 1. The summed E-state index contributed by atoms with van der Waals surface area (Å²) in [6.45, 7) is 0. The summed E-state index contributed by atoms with van der Waals surface area (Å²) >= 11 is 0. The first-order valence-electron chi connectivity index (χ1n) is 5.02. The van der Waals surface area contributed by atoms with Crippen LogP contribution in [-0.4, -0.2) is 27.0 Å². The van der Waals surface area contributed by atoms with Gasteiger partial charge >= 0.3 is 11.6 Å². The molecule has 0 aliphatic heterocycles. The zero-order valence-electron chi connectivity index (χ0n) is 9.36. The van der Waals surface area contributed by atoms with Gasteiger partial charge in [-0.15, -0.1) is 0 Å². The van der Waals surface area contributed by atoms with E-state index in [1.54, 1.807) is 0 Å². The number of carbonyl (C=O) groups excluding carboxylic acids is 1. The minimum atomic E-state index is -1.32. The van der Waals surface area contributed by atoms with Crippen molar-refractivity contribution >= 4 is 17.7 Å². The molecule has 8 heteroatoms. The molecule has 0 aliphatic carbocycles. The first-order valence-corrected chi connectivity index (χ1v) is 5.02. The highest BCUT2D eigenvalue weighted by atomic mass is 16.4. The van der Waals surface area contributed by atoms with Crippen molar-refractivity contribution < 1.29 is 19.1 Å². The molecule has 1 amide bonds. The van der Waals surface area contributed by atoms with Crippen molar-refractivity contribution in [1.82, 2.24) is 9.97 Å². The zero-order chi connectivity index (χ0) is 13.8. The fourth-order valence-corrected chi connectivity index (χ4v) is 1.25. The van der Waals surface area contributed by atoms with Crippen molar-refractivity contribution in [2.75, 3.05) is 5.32 Å². The quantitative estimate of drug-likeness (QED) is 0.818. The molecule has 0 atom stereocenters.